The van der Waals surface area contributed by atoms with Crippen LogP contribution in [0.1, 0.15) is 11.1 Å². The first kappa shape index (κ1) is 17.5. The van der Waals surface area contributed by atoms with Crippen molar-refractivity contribution in [2.75, 3.05) is 6.61 Å². The number of hydroxylamine groups is 1. The fraction of sp³-hybridized carbons (Fsp3) is 0.667. The highest BCUT2D eigenvalue weighted by Gasteiger charge is 2.49. The predicted molar refractivity (Wildman–Crippen MR) is 80.3 cm³/mol. The fourth-order valence-electron chi connectivity index (χ4n) is 1.85. The van der Waals surface area contributed by atoms with Crippen molar-refractivity contribution in [2.45, 2.75) is 15.1 Å². The van der Waals surface area contributed by atoms with Gasteiger partial charge in [0.15, 0.2) is 5.82 Å². The van der Waals surface area contributed by atoms with Crippen LogP contribution in [0.3, 0.4) is 0 Å². The van der Waals surface area contributed by atoms with Crippen LogP contribution >= 0.6 is 47.4 Å². The summed E-state index contributed by atoms with van der Waals surface area (Å²) >= 11 is 20.8. The maximum Gasteiger partial charge on any atom is 0.258 e. The molecule has 13 heteroatoms. The predicted octanol–water partition coefficient (Wildman–Crippen LogP) is -0.286. The van der Waals surface area contributed by atoms with Gasteiger partial charge in [0.1, 0.15) is 12.5 Å². The van der Waals surface area contributed by atoms with E-state index in [4.69, 9.17) is 39.6 Å². The third kappa shape index (κ3) is 3.93. The number of aromatic nitrogens is 4. The molecule has 1 fully saturated rings. The first-order chi connectivity index (χ1) is 10.2. The molecule has 22 heavy (non-hydrogen) atoms. The standard InChI is InChI=1S/C9H11Cl3N6O3S/c1-18-6(14-16-17-18)5(22)4-3(7(19)13-4)8(20)15-21-2-9(10,11)12/h3-5,22H,2H2,1H3,(H,13,19)(H,15,20). The second-order valence-corrected chi connectivity index (χ2v) is 7.56. The van der Waals surface area contributed by atoms with E-state index in [-0.39, 0.29) is 6.61 Å². The number of alkyl halides is 3. The number of β-lactam (4-membered cyclic amide) rings is 1. The summed E-state index contributed by atoms with van der Waals surface area (Å²) in [5.74, 6) is -1.73. The second-order valence-electron chi connectivity index (χ2n) is 4.49. The highest BCUT2D eigenvalue weighted by atomic mass is 35.6. The van der Waals surface area contributed by atoms with Gasteiger partial charge in [0.05, 0.1) is 11.3 Å². The quantitative estimate of drug-likeness (QED) is 0.210. The molecule has 122 valence electrons. The zero-order valence-electron chi connectivity index (χ0n) is 11.0. The van der Waals surface area contributed by atoms with Crippen LogP contribution in [0.15, 0.2) is 0 Å². The van der Waals surface area contributed by atoms with Crippen LogP contribution < -0.4 is 10.8 Å². The normalized spacial score (nSPS) is 22.7. The van der Waals surface area contributed by atoms with Crippen LogP contribution in [0, 0.1) is 5.92 Å². The summed E-state index contributed by atoms with van der Waals surface area (Å²) in [5, 5.41) is 12.9. The van der Waals surface area contributed by atoms with E-state index in [0.29, 0.717) is 5.82 Å². The highest BCUT2D eigenvalue weighted by molar-refractivity contribution is 7.80. The van der Waals surface area contributed by atoms with E-state index < -0.39 is 32.8 Å². The molecule has 0 aromatic carbocycles. The van der Waals surface area contributed by atoms with Gasteiger partial charge < -0.3 is 5.32 Å². The molecule has 2 heterocycles. The average molecular weight is 390 g/mol. The molecule has 3 unspecified atom stereocenters. The summed E-state index contributed by atoms with van der Waals surface area (Å²) in [6.07, 6.45) is 0. The Morgan fingerprint density at radius 3 is 2.77 bits per heavy atom. The number of carbonyl (C=O) groups excluding carboxylic acids is 2. The number of thiol groups is 1. The van der Waals surface area contributed by atoms with Gasteiger partial charge in [0, 0.05) is 7.05 Å². The summed E-state index contributed by atoms with van der Waals surface area (Å²) < 4.78 is -0.276. The number of aryl methyl sites for hydroxylation is 1. The topological polar surface area (TPSA) is 111 Å². The van der Waals surface area contributed by atoms with Gasteiger partial charge >= 0.3 is 0 Å². The number of hydrogen-bond acceptors (Lipinski definition) is 7. The van der Waals surface area contributed by atoms with Crippen LogP contribution in [-0.2, 0) is 21.5 Å². The molecule has 0 bridgehead atoms. The van der Waals surface area contributed by atoms with Crippen molar-refractivity contribution in [3.63, 3.8) is 0 Å². The summed E-state index contributed by atoms with van der Waals surface area (Å²) in [6.45, 7) is -0.361. The van der Waals surface area contributed by atoms with Crippen molar-refractivity contribution in [2.24, 2.45) is 13.0 Å². The van der Waals surface area contributed by atoms with E-state index >= 15 is 0 Å². The van der Waals surface area contributed by atoms with Gasteiger partial charge in [-0.05, 0) is 10.4 Å². The average Bonchev–Trinajstić information content (AvgIpc) is 2.79. The van der Waals surface area contributed by atoms with Crippen molar-refractivity contribution < 1.29 is 14.4 Å². The molecule has 3 atom stereocenters. The number of tetrazole rings is 1. The summed E-state index contributed by atoms with van der Waals surface area (Å²) in [5.41, 5.74) is 2.07. The minimum absolute atomic E-state index is 0.361. The molecule has 0 spiro atoms. The number of carbonyl (C=O) groups is 2. The van der Waals surface area contributed by atoms with E-state index in [1.54, 1.807) is 7.05 Å². The van der Waals surface area contributed by atoms with Crippen molar-refractivity contribution in [1.29, 1.82) is 0 Å². The Hall–Kier alpha value is -0.810. The van der Waals surface area contributed by atoms with E-state index in [1.807, 2.05) is 0 Å². The van der Waals surface area contributed by atoms with Crippen LogP contribution in [0.4, 0.5) is 0 Å². The van der Waals surface area contributed by atoms with Gasteiger partial charge in [-0.15, -0.1) is 5.10 Å². The Balaban J connectivity index is 1.96. The lowest BCUT2D eigenvalue weighted by Gasteiger charge is -2.38. The fourth-order valence-corrected chi connectivity index (χ4v) is 2.48. The molecule has 0 radical (unpaired) electrons. The maximum atomic E-state index is 12.0. The molecule has 0 saturated carbocycles. The monoisotopic (exact) mass is 388 g/mol. The van der Waals surface area contributed by atoms with Gasteiger partial charge in [0.2, 0.25) is 9.70 Å². The van der Waals surface area contributed by atoms with Gasteiger partial charge in [-0.1, -0.05) is 34.8 Å². The summed E-state index contributed by atoms with van der Waals surface area (Å²) in [4.78, 5) is 28.3. The Bertz CT molecular complexity index is 579. The lowest BCUT2D eigenvalue weighted by Crippen LogP contribution is -2.65. The molecule has 1 aromatic heterocycles. The van der Waals surface area contributed by atoms with Crippen LogP contribution in [-0.4, -0.2) is 48.5 Å². The van der Waals surface area contributed by atoms with Crippen molar-refractivity contribution in [1.82, 2.24) is 31.0 Å². The Labute approximate surface area is 145 Å². The lowest BCUT2D eigenvalue weighted by molar-refractivity contribution is -0.151. The molecular weight excluding hydrogens is 379 g/mol. The number of hydrogen-bond donors (Lipinski definition) is 3. The second kappa shape index (κ2) is 6.75. The third-order valence-electron chi connectivity index (χ3n) is 2.90. The zero-order chi connectivity index (χ0) is 16.5. The van der Waals surface area contributed by atoms with E-state index in [2.05, 4.69) is 39.0 Å². The summed E-state index contributed by atoms with van der Waals surface area (Å²) in [6, 6.07) is -0.586. The minimum Gasteiger partial charge on any atom is -0.350 e. The molecule has 0 aliphatic carbocycles. The van der Waals surface area contributed by atoms with Crippen LogP contribution in [0.5, 0.6) is 0 Å². The Morgan fingerprint density at radius 1 is 1.59 bits per heavy atom. The maximum absolute atomic E-state index is 12.0. The molecule has 1 saturated heterocycles. The van der Waals surface area contributed by atoms with E-state index in [9.17, 15) is 9.59 Å². The SMILES string of the molecule is Cn1nnnc1C(S)C1NC(=O)C1C(=O)NOCC(Cl)(Cl)Cl. The van der Waals surface area contributed by atoms with Gasteiger partial charge in [0.25, 0.3) is 5.91 Å². The largest absolute Gasteiger partial charge is 0.350 e. The van der Waals surface area contributed by atoms with Gasteiger partial charge in [-0.25, -0.2) is 10.2 Å². The van der Waals surface area contributed by atoms with E-state index in [1.165, 1.54) is 4.68 Å². The molecule has 9 nitrogen and oxygen atoms in total. The molecule has 2 rings (SSSR count). The van der Waals surface area contributed by atoms with Gasteiger partial charge in [-0.3, -0.25) is 14.4 Å². The van der Waals surface area contributed by atoms with Crippen molar-refractivity contribution in [3.8, 4) is 0 Å². The van der Waals surface area contributed by atoms with Crippen molar-refractivity contribution in [3.05, 3.63) is 5.82 Å². The molecule has 2 N–H and O–H groups in total. The molecule has 1 aliphatic heterocycles. The number of rotatable bonds is 5. The summed E-state index contributed by atoms with van der Waals surface area (Å²) in [7, 11) is 1.62. The highest BCUT2D eigenvalue weighted by Crippen LogP contribution is 2.32. The molecular formula is C9H11Cl3N6O3S. The number of nitrogens with zero attached hydrogens (tertiary/aromatic N) is 4. The Morgan fingerprint density at radius 2 is 2.27 bits per heavy atom. The first-order valence-corrected chi connectivity index (χ1v) is 7.55. The minimum atomic E-state index is -1.68. The number of halogens is 3. The lowest BCUT2D eigenvalue weighted by atomic mass is 9.87. The zero-order valence-corrected chi connectivity index (χ0v) is 14.2. The van der Waals surface area contributed by atoms with Crippen LogP contribution in [0.2, 0.25) is 0 Å². The number of amides is 2. The smallest absolute Gasteiger partial charge is 0.258 e. The van der Waals surface area contributed by atoms with Crippen molar-refractivity contribution >= 4 is 59.2 Å². The van der Waals surface area contributed by atoms with E-state index in [0.717, 1.165) is 0 Å². The Kier molecular flexibility index (Phi) is 5.38. The molecule has 1 aliphatic rings. The van der Waals surface area contributed by atoms with Crippen LogP contribution in [0.25, 0.3) is 0 Å². The van der Waals surface area contributed by atoms with Gasteiger partial charge in [-0.2, -0.15) is 12.6 Å². The molecule has 2 amide bonds. The number of nitrogens with one attached hydrogen (secondary N) is 2. The first-order valence-electron chi connectivity index (χ1n) is 5.90. The third-order valence-corrected chi connectivity index (χ3v) is 3.78. The molecule has 1 aromatic rings.